The lowest BCUT2D eigenvalue weighted by atomic mass is 10.2. The molecule has 0 radical (unpaired) electrons. The van der Waals surface area contributed by atoms with E-state index in [2.05, 4.69) is 17.0 Å². The largest absolute Gasteiger partial charge is 0.459 e. The predicted molar refractivity (Wildman–Crippen MR) is 94.8 cm³/mol. The summed E-state index contributed by atoms with van der Waals surface area (Å²) in [4.78, 5) is 24.5. The van der Waals surface area contributed by atoms with Crippen molar-refractivity contribution in [1.29, 1.82) is 0 Å². The highest BCUT2D eigenvalue weighted by atomic mass is 16.6. The third-order valence-corrected chi connectivity index (χ3v) is 4.19. The minimum atomic E-state index is -0.510. The normalized spacial score (nSPS) is 17.6. The van der Waals surface area contributed by atoms with Gasteiger partial charge in [-0.3, -0.25) is 15.0 Å². The monoisotopic (exact) mass is 356 g/mol. The highest BCUT2D eigenvalue weighted by molar-refractivity contribution is 5.89. The summed E-state index contributed by atoms with van der Waals surface area (Å²) in [6.07, 6.45) is -0.186. The first-order chi connectivity index (χ1) is 12.6. The molecule has 0 bridgehead atoms. The molecule has 136 valence electrons. The van der Waals surface area contributed by atoms with E-state index in [-0.39, 0.29) is 24.0 Å². The average Bonchev–Trinajstić information content (AvgIpc) is 2.67. The van der Waals surface area contributed by atoms with Crippen molar-refractivity contribution in [2.24, 2.45) is 0 Å². The van der Waals surface area contributed by atoms with Crippen LogP contribution in [-0.2, 0) is 16.0 Å². The van der Waals surface area contributed by atoms with E-state index in [0.29, 0.717) is 13.2 Å². The van der Waals surface area contributed by atoms with Gasteiger partial charge in [0.1, 0.15) is 12.7 Å². The van der Waals surface area contributed by atoms with Crippen molar-refractivity contribution in [2.45, 2.75) is 12.6 Å². The lowest BCUT2D eigenvalue weighted by molar-refractivity contribution is -0.384. The van der Waals surface area contributed by atoms with Crippen LogP contribution in [0.2, 0.25) is 0 Å². The van der Waals surface area contributed by atoms with Crippen LogP contribution < -0.4 is 0 Å². The first kappa shape index (κ1) is 18.0. The third-order valence-electron chi connectivity index (χ3n) is 4.19. The minimum absolute atomic E-state index is 0.0614. The van der Waals surface area contributed by atoms with Crippen molar-refractivity contribution in [3.63, 3.8) is 0 Å². The Morgan fingerprint density at radius 1 is 1.19 bits per heavy atom. The second-order valence-corrected chi connectivity index (χ2v) is 6.12. The van der Waals surface area contributed by atoms with Crippen LogP contribution in [0.1, 0.15) is 15.9 Å². The lowest BCUT2D eigenvalue weighted by Gasteiger charge is -2.32. The summed E-state index contributed by atoms with van der Waals surface area (Å²) in [5.41, 5.74) is 1.46. The van der Waals surface area contributed by atoms with Gasteiger partial charge in [-0.2, -0.15) is 0 Å². The fourth-order valence-electron chi connectivity index (χ4n) is 2.84. The van der Waals surface area contributed by atoms with Gasteiger partial charge in [0.25, 0.3) is 5.69 Å². The Morgan fingerprint density at radius 2 is 1.92 bits per heavy atom. The number of hydrogen-bond donors (Lipinski definition) is 0. The molecule has 7 heteroatoms. The molecule has 26 heavy (non-hydrogen) atoms. The van der Waals surface area contributed by atoms with Gasteiger partial charge < -0.3 is 9.47 Å². The molecule has 0 N–H and O–H groups in total. The van der Waals surface area contributed by atoms with Crippen LogP contribution in [0.15, 0.2) is 54.6 Å². The van der Waals surface area contributed by atoms with E-state index >= 15 is 0 Å². The van der Waals surface area contributed by atoms with Crippen LogP contribution in [0.5, 0.6) is 0 Å². The average molecular weight is 356 g/mol. The molecule has 0 amide bonds. The summed E-state index contributed by atoms with van der Waals surface area (Å²) >= 11 is 0. The first-order valence-electron chi connectivity index (χ1n) is 8.41. The Balaban J connectivity index is 1.49. The first-order valence-corrected chi connectivity index (χ1v) is 8.41. The number of ether oxygens (including phenoxy) is 2. The number of nitro benzene ring substituents is 1. The maximum Gasteiger partial charge on any atom is 0.338 e. The number of nitro groups is 1. The van der Waals surface area contributed by atoms with Crippen molar-refractivity contribution in [1.82, 2.24) is 4.90 Å². The highest BCUT2D eigenvalue weighted by Gasteiger charge is 2.22. The molecule has 1 aliphatic heterocycles. The van der Waals surface area contributed by atoms with E-state index in [1.165, 1.54) is 29.8 Å². The van der Waals surface area contributed by atoms with Crippen molar-refractivity contribution < 1.29 is 19.2 Å². The third kappa shape index (κ3) is 4.87. The smallest absolute Gasteiger partial charge is 0.338 e. The molecule has 0 spiro atoms. The van der Waals surface area contributed by atoms with Crippen molar-refractivity contribution in [3.05, 3.63) is 75.8 Å². The van der Waals surface area contributed by atoms with E-state index in [9.17, 15) is 14.9 Å². The molecule has 1 aliphatic rings. The Labute approximate surface area is 151 Å². The molecule has 0 saturated carbocycles. The van der Waals surface area contributed by atoms with Gasteiger partial charge >= 0.3 is 5.97 Å². The molecule has 1 heterocycles. The Kier molecular flexibility index (Phi) is 5.93. The highest BCUT2D eigenvalue weighted by Crippen LogP contribution is 2.14. The molecular weight excluding hydrogens is 336 g/mol. The summed E-state index contributed by atoms with van der Waals surface area (Å²) in [5, 5.41) is 10.6. The van der Waals surface area contributed by atoms with Crippen LogP contribution in [0.25, 0.3) is 0 Å². The molecular formula is C19H20N2O5. The predicted octanol–water partition coefficient (Wildman–Crippen LogP) is 2.65. The second-order valence-electron chi connectivity index (χ2n) is 6.12. The number of non-ortho nitro benzene ring substituents is 1. The van der Waals surface area contributed by atoms with Gasteiger partial charge in [0.05, 0.1) is 17.1 Å². The van der Waals surface area contributed by atoms with Gasteiger partial charge in [-0.1, -0.05) is 30.3 Å². The topological polar surface area (TPSA) is 81.9 Å². The number of nitrogens with zero attached hydrogens (tertiary/aromatic N) is 2. The van der Waals surface area contributed by atoms with Crippen LogP contribution in [0.3, 0.4) is 0 Å². The molecule has 3 rings (SSSR count). The zero-order valence-corrected chi connectivity index (χ0v) is 14.2. The van der Waals surface area contributed by atoms with Gasteiger partial charge in [0, 0.05) is 31.8 Å². The maximum atomic E-state index is 12.1. The van der Waals surface area contributed by atoms with Gasteiger partial charge in [-0.05, 0) is 17.7 Å². The quantitative estimate of drug-likeness (QED) is 0.450. The molecule has 1 saturated heterocycles. The Morgan fingerprint density at radius 3 is 2.62 bits per heavy atom. The zero-order valence-electron chi connectivity index (χ0n) is 14.2. The summed E-state index contributed by atoms with van der Waals surface area (Å²) in [6, 6.07) is 15.5. The van der Waals surface area contributed by atoms with Gasteiger partial charge in [-0.15, -0.1) is 0 Å². The van der Waals surface area contributed by atoms with E-state index in [4.69, 9.17) is 9.47 Å². The summed E-state index contributed by atoms with van der Waals surface area (Å²) in [5.74, 6) is -0.510. The molecule has 0 aliphatic carbocycles. The van der Waals surface area contributed by atoms with Gasteiger partial charge in [0.15, 0.2) is 0 Å². The lowest BCUT2D eigenvalue weighted by Crippen LogP contribution is -2.44. The molecule has 1 atom stereocenters. The van der Waals surface area contributed by atoms with Crippen LogP contribution in [0, 0.1) is 10.1 Å². The fourth-order valence-corrected chi connectivity index (χ4v) is 2.84. The van der Waals surface area contributed by atoms with Crippen LogP contribution >= 0.6 is 0 Å². The number of rotatable bonds is 6. The standard InChI is InChI=1S/C19H20N2O5/c22-19(16-6-8-17(9-7-16)21(23)24)26-14-18-13-20(10-11-25-18)12-15-4-2-1-3-5-15/h1-9,18H,10-14H2. The minimum Gasteiger partial charge on any atom is -0.459 e. The fraction of sp³-hybridized carbons (Fsp3) is 0.316. The van der Waals surface area contributed by atoms with Gasteiger partial charge in [-0.25, -0.2) is 4.79 Å². The van der Waals surface area contributed by atoms with Crippen molar-refractivity contribution >= 4 is 11.7 Å². The zero-order chi connectivity index (χ0) is 18.4. The molecule has 1 unspecified atom stereocenters. The Hall–Kier alpha value is -2.77. The van der Waals surface area contributed by atoms with E-state index in [0.717, 1.165) is 13.1 Å². The molecule has 0 aromatic heterocycles. The molecule has 7 nitrogen and oxygen atoms in total. The number of hydrogen-bond acceptors (Lipinski definition) is 6. The Bertz CT molecular complexity index is 748. The van der Waals surface area contributed by atoms with Gasteiger partial charge in [0.2, 0.25) is 0 Å². The van der Waals surface area contributed by atoms with Crippen LogP contribution in [-0.4, -0.2) is 48.2 Å². The number of carbonyl (C=O) groups is 1. The van der Waals surface area contributed by atoms with E-state index < -0.39 is 10.9 Å². The maximum absolute atomic E-state index is 12.1. The second kappa shape index (κ2) is 8.55. The molecule has 1 fully saturated rings. The number of esters is 1. The number of carbonyl (C=O) groups excluding carboxylic acids is 1. The number of benzene rings is 2. The summed E-state index contributed by atoms with van der Waals surface area (Å²) < 4.78 is 11.0. The summed E-state index contributed by atoms with van der Waals surface area (Å²) in [7, 11) is 0. The van der Waals surface area contributed by atoms with Crippen molar-refractivity contribution in [3.8, 4) is 0 Å². The van der Waals surface area contributed by atoms with E-state index in [1.807, 2.05) is 18.2 Å². The van der Waals surface area contributed by atoms with E-state index in [1.54, 1.807) is 0 Å². The SMILES string of the molecule is O=C(OCC1CN(Cc2ccccc2)CCO1)c1ccc([N+](=O)[O-])cc1. The molecule has 2 aromatic rings. The van der Waals surface area contributed by atoms with Crippen molar-refractivity contribution in [2.75, 3.05) is 26.3 Å². The summed E-state index contributed by atoms with van der Waals surface area (Å²) in [6.45, 7) is 3.09. The number of morpholine rings is 1. The molecule has 2 aromatic carbocycles. The van der Waals surface area contributed by atoms with Crippen LogP contribution in [0.4, 0.5) is 5.69 Å².